The van der Waals surface area contributed by atoms with Crippen LogP contribution in [0, 0.1) is 6.92 Å². The van der Waals surface area contributed by atoms with E-state index in [0.717, 1.165) is 36.2 Å². The molecule has 1 saturated carbocycles. The van der Waals surface area contributed by atoms with Crippen molar-refractivity contribution >= 4 is 11.8 Å². The monoisotopic (exact) mass is 403 g/mol. The maximum atomic E-state index is 13.5. The van der Waals surface area contributed by atoms with Crippen LogP contribution in [0.25, 0.3) is 0 Å². The lowest BCUT2D eigenvalue weighted by molar-refractivity contribution is -0.134. The van der Waals surface area contributed by atoms with Gasteiger partial charge >= 0.3 is 0 Å². The first-order chi connectivity index (χ1) is 14.6. The molecule has 6 heteroatoms. The largest absolute Gasteiger partial charge is 0.472 e. The first kappa shape index (κ1) is 18.7. The van der Waals surface area contributed by atoms with E-state index < -0.39 is 0 Å². The number of amides is 2. The zero-order chi connectivity index (χ0) is 20.7. The zero-order valence-corrected chi connectivity index (χ0v) is 17.0. The quantitative estimate of drug-likeness (QED) is 0.654. The van der Waals surface area contributed by atoms with Crippen molar-refractivity contribution in [2.45, 2.75) is 38.4 Å². The molecule has 0 N–H and O–H groups in total. The van der Waals surface area contributed by atoms with Crippen LogP contribution in [0.2, 0.25) is 0 Å². The minimum Gasteiger partial charge on any atom is -0.472 e. The molecule has 154 valence electrons. The van der Waals surface area contributed by atoms with Crippen LogP contribution in [0.4, 0.5) is 0 Å². The zero-order valence-electron chi connectivity index (χ0n) is 17.0. The smallest absolute Gasteiger partial charge is 0.254 e. The molecule has 0 spiro atoms. The van der Waals surface area contributed by atoms with Gasteiger partial charge in [0.2, 0.25) is 5.91 Å². The standard InChI is InChI=1S/C24H25N3O3/c1-17-4-6-18(7-5-17)24(29)27(20-8-9-20)15-22(28)26-13-12-25-11-2-3-21(25)23(26)19-10-14-30-16-19/h2-7,10-11,14,16,20,23H,8-9,12-13,15H2,1H3/t23-/m1/s1. The van der Waals surface area contributed by atoms with Crippen molar-refractivity contribution < 1.29 is 14.0 Å². The van der Waals surface area contributed by atoms with Gasteiger partial charge < -0.3 is 18.8 Å². The molecule has 0 saturated heterocycles. The van der Waals surface area contributed by atoms with Gasteiger partial charge in [0, 0.05) is 42.1 Å². The molecule has 1 fully saturated rings. The number of aromatic nitrogens is 1. The van der Waals surface area contributed by atoms with Crippen molar-refractivity contribution in [1.29, 1.82) is 0 Å². The first-order valence-electron chi connectivity index (χ1n) is 10.5. The Morgan fingerprint density at radius 1 is 1.10 bits per heavy atom. The third kappa shape index (κ3) is 3.43. The lowest BCUT2D eigenvalue weighted by Gasteiger charge is -2.38. The highest BCUT2D eigenvalue weighted by molar-refractivity contribution is 5.97. The number of nitrogens with zero attached hydrogens (tertiary/aromatic N) is 3. The molecule has 0 unspecified atom stereocenters. The third-order valence-electron chi connectivity index (χ3n) is 6.07. The topological polar surface area (TPSA) is 58.7 Å². The van der Waals surface area contributed by atoms with Gasteiger partial charge in [0.25, 0.3) is 5.91 Å². The molecule has 0 bridgehead atoms. The predicted molar refractivity (Wildman–Crippen MR) is 112 cm³/mol. The van der Waals surface area contributed by atoms with Crippen LogP contribution in [0.15, 0.2) is 65.6 Å². The van der Waals surface area contributed by atoms with Gasteiger partial charge in [0.15, 0.2) is 0 Å². The number of hydrogen-bond acceptors (Lipinski definition) is 3. The van der Waals surface area contributed by atoms with E-state index in [4.69, 9.17) is 4.42 Å². The molecular weight excluding hydrogens is 378 g/mol. The van der Waals surface area contributed by atoms with E-state index in [-0.39, 0.29) is 30.4 Å². The summed E-state index contributed by atoms with van der Waals surface area (Å²) in [5.41, 5.74) is 3.77. The molecule has 6 nitrogen and oxygen atoms in total. The summed E-state index contributed by atoms with van der Waals surface area (Å²) in [5, 5.41) is 0. The van der Waals surface area contributed by atoms with Gasteiger partial charge in [-0.15, -0.1) is 0 Å². The van der Waals surface area contributed by atoms with E-state index in [1.54, 1.807) is 17.4 Å². The third-order valence-corrected chi connectivity index (χ3v) is 6.07. The molecule has 1 aliphatic heterocycles. The summed E-state index contributed by atoms with van der Waals surface area (Å²) in [6.45, 7) is 3.45. The molecule has 0 radical (unpaired) electrons. The Labute approximate surface area is 175 Å². The molecule has 2 aliphatic rings. The summed E-state index contributed by atoms with van der Waals surface area (Å²) in [4.78, 5) is 30.3. The molecule has 2 amide bonds. The maximum Gasteiger partial charge on any atom is 0.254 e. The van der Waals surface area contributed by atoms with Gasteiger partial charge in [-0.25, -0.2) is 0 Å². The Balaban J connectivity index is 1.40. The van der Waals surface area contributed by atoms with Gasteiger partial charge in [0.1, 0.15) is 12.6 Å². The maximum absolute atomic E-state index is 13.5. The fourth-order valence-electron chi connectivity index (χ4n) is 4.28. The second-order valence-corrected chi connectivity index (χ2v) is 8.20. The minimum absolute atomic E-state index is 0.0268. The van der Waals surface area contributed by atoms with E-state index in [0.29, 0.717) is 12.1 Å². The van der Waals surface area contributed by atoms with E-state index in [2.05, 4.69) is 4.57 Å². The number of fused-ring (bicyclic) bond motifs is 1. The summed E-state index contributed by atoms with van der Waals surface area (Å²) in [6, 6.07) is 13.5. The number of carbonyl (C=O) groups is 2. The molecule has 5 rings (SSSR count). The molecule has 1 aliphatic carbocycles. The summed E-state index contributed by atoms with van der Waals surface area (Å²) in [7, 11) is 0. The van der Waals surface area contributed by atoms with E-state index in [9.17, 15) is 9.59 Å². The van der Waals surface area contributed by atoms with Crippen LogP contribution < -0.4 is 0 Å². The van der Waals surface area contributed by atoms with Crippen molar-refractivity contribution in [1.82, 2.24) is 14.4 Å². The minimum atomic E-state index is -0.199. The van der Waals surface area contributed by atoms with Crippen LogP contribution in [-0.2, 0) is 11.3 Å². The van der Waals surface area contributed by atoms with Gasteiger partial charge in [-0.2, -0.15) is 0 Å². The second-order valence-electron chi connectivity index (χ2n) is 8.20. The van der Waals surface area contributed by atoms with Crippen LogP contribution in [-0.4, -0.2) is 45.3 Å². The van der Waals surface area contributed by atoms with Crippen molar-refractivity contribution in [3.63, 3.8) is 0 Å². The van der Waals surface area contributed by atoms with Gasteiger partial charge in [-0.3, -0.25) is 9.59 Å². The molecule has 2 aromatic heterocycles. The molecule has 3 heterocycles. The lowest BCUT2D eigenvalue weighted by Crippen LogP contribution is -2.48. The normalized spacial score (nSPS) is 18.2. The summed E-state index contributed by atoms with van der Waals surface area (Å²) in [6.07, 6.45) is 7.29. The van der Waals surface area contributed by atoms with Gasteiger partial charge in [0.05, 0.1) is 12.5 Å². The van der Waals surface area contributed by atoms with E-state index >= 15 is 0 Å². The number of rotatable bonds is 5. The fraction of sp³-hybridized carbons (Fsp3) is 0.333. The average Bonchev–Trinajstić information content (AvgIpc) is 3.24. The average molecular weight is 403 g/mol. The Morgan fingerprint density at radius 2 is 1.90 bits per heavy atom. The number of carbonyl (C=O) groups excluding carboxylic acids is 2. The Hall–Kier alpha value is -3.28. The molecular formula is C24H25N3O3. The van der Waals surface area contributed by atoms with Crippen molar-refractivity contribution in [3.8, 4) is 0 Å². The highest BCUT2D eigenvalue weighted by Crippen LogP contribution is 2.34. The van der Waals surface area contributed by atoms with Crippen molar-refractivity contribution in [2.75, 3.05) is 13.1 Å². The fourth-order valence-corrected chi connectivity index (χ4v) is 4.28. The Morgan fingerprint density at radius 3 is 2.60 bits per heavy atom. The molecule has 1 atom stereocenters. The van der Waals surface area contributed by atoms with Crippen LogP contribution in [0.1, 0.15) is 46.1 Å². The first-order valence-corrected chi connectivity index (χ1v) is 10.5. The van der Waals surface area contributed by atoms with Crippen LogP contribution in [0.5, 0.6) is 0 Å². The Kier molecular flexibility index (Phi) is 4.69. The highest BCUT2D eigenvalue weighted by Gasteiger charge is 2.38. The van der Waals surface area contributed by atoms with E-state index in [1.165, 1.54) is 0 Å². The highest BCUT2D eigenvalue weighted by atomic mass is 16.3. The van der Waals surface area contributed by atoms with Gasteiger partial charge in [-0.05, 0) is 50.1 Å². The van der Waals surface area contributed by atoms with Crippen molar-refractivity contribution in [2.24, 2.45) is 0 Å². The van der Waals surface area contributed by atoms with E-state index in [1.807, 2.05) is 60.5 Å². The molecule has 3 aromatic rings. The number of benzene rings is 1. The SMILES string of the molecule is Cc1ccc(C(=O)N(CC(=O)N2CCn3cccc3[C@H]2c2ccoc2)C2CC2)cc1. The van der Waals surface area contributed by atoms with Gasteiger partial charge in [-0.1, -0.05) is 17.7 Å². The number of furan rings is 1. The lowest BCUT2D eigenvalue weighted by atomic mass is 10.0. The number of hydrogen-bond donors (Lipinski definition) is 0. The summed E-state index contributed by atoms with van der Waals surface area (Å²) >= 11 is 0. The summed E-state index contributed by atoms with van der Waals surface area (Å²) in [5.74, 6) is -0.0906. The van der Waals surface area contributed by atoms with Crippen LogP contribution in [0.3, 0.4) is 0 Å². The summed E-state index contributed by atoms with van der Waals surface area (Å²) < 4.78 is 7.49. The van der Waals surface area contributed by atoms with Crippen molar-refractivity contribution in [3.05, 3.63) is 83.6 Å². The predicted octanol–water partition coefficient (Wildman–Crippen LogP) is 3.63. The van der Waals surface area contributed by atoms with Crippen LogP contribution >= 0.6 is 0 Å². The molecule has 30 heavy (non-hydrogen) atoms. The second kappa shape index (κ2) is 7.52. The molecule has 1 aromatic carbocycles. The Bertz CT molecular complexity index is 1050. The number of aryl methyl sites for hydroxylation is 1.